The Morgan fingerprint density at radius 2 is 1.90 bits per heavy atom. The molecule has 1 atom stereocenters. The number of hydrogen-bond acceptors (Lipinski definition) is 5. The van der Waals surface area contributed by atoms with E-state index in [1.807, 2.05) is 30.5 Å². The van der Waals surface area contributed by atoms with E-state index in [2.05, 4.69) is 4.98 Å². The van der Waals surface area contributed by atoms with Crippen LogP contribution < -0.4 is 15.2 Å². The molecule has 0 bridgehead atoms. The van der Waals surface area contributed by atoms with Gasteiger partial charge in [0.25, 0.3) is 0 Å². The van der Waals surface area contributed by atoms with Crippen LogP contribution in [-0.4, -0.2) is 36.5 Å². The molecule has 2 aromatic rings. The number of imidazole rings is 1. The summed E-state index contributed by atoms with van der Waals surface area (Å²) in [5.74, 6) is 1.76. The first kappa shape index (κ1) is 14.5. The molecule has 2 rings (SSSR count). The topological polar surface area (TPSA) is 71.5 Å². The second-order valence-corrected chi connectivity index (χ2v) is 4.54. The second-order valence-electron chi connectivity index (χ2n) is 4.54. The molecular formula is C14H21N3O3. The maximum atomic E-state index is 6.00. The van der Waals surface area contributed by atoms with E-state index >= 15 is 0 Å². The van der Waals surface area contributed by atoms with Crippen molar-refractivity contribution in [3.63, 3.8) is 0 Å². The number of fused-ring (bicyclic) bond motifs is 1. The molecule has 1 aromatic carbocycles. The Balaban J connectivity index is 2.46. The summed E-state index contributed by atoms with van der Waals surface area (Å²) in [6, 6.07) is 3.71. The summed E-state index contributed by atoms with van der Waals surface area (Å²) in [6.45, 7) is 5.30. The van der Waals surface area contributed by atoms with E-state index in [1.54, 1.807) is 14.2 Å². The number of hydrogen-bond donors (Lipinski definition) is 1. The van der Waals surface area contributed by atoms with E-state index in [4.69, 9.17) is 19.9 Å². The number of methoxy groups -OCH3 is 2. The SMILES string of the molecule is CCOC(C)Cn1c(N)nc2cc(OC)c(OC)cc21. The van der Waals surface area contributed by atoms with Gasteiger partial charge < -0.3 is 24.5 Å². The van der Waals surface area contributed by atoms with Crippen molar-refractivity contribution in [2.75, 3.05) is 26.6 Å². The molecule has 6 heteroatoms. The third-order valence-electron chi connectivity index (χ3n) is 3.17. The average Bonchev–Trinajstić information content (AvgIpc) is 2.73. The summed E-state index contributed by atoms with van der Waals surface area (Å²) in [6.07, 6.45) is 0.0628. The maximum Gasteiger partial charge on any atom is 0.201 e. The quantitative estimate of drug-likeness (QED) is 0.876. The molecule has 2 N–H and O–H groups in total. The van der Waals surface area contributed by atoms with Gasteiger partial charge in [-0.25, -0.2) is 4.98 Å². The van der Waals surface area contributed by atoms with Crippen LogP contribution in [0.2, 0.25) is 0 Å². The van der Waals surface area contributed by atoms with Crippen molar-refractivity contribution in [2.45, 2.75) is 26.5 Å². The highest BCUT2D eigenvalue weighted by Crippen LogP contribution is 2.33. The zero-order valence-corrected chi connectivity index (χ0v) is 12.3. The van der Waals surface area contributed by atoms with E-state index in [0.717, 1.165) is 11.0 Å². The molecule has 0 spiro atoms. The maximum absolute atomic E-state index is 6.00. The number of nitrogens with two attached hydrogens (primary N) is 1. The highest BCUT2D eigenvalue weighted by molar-refractivity contribution is 5.82. The molecule has 1 unspecified atom stereocenters. The van der Waals surface area contributed by atoms with Crippen LogP contribution in [0.1, 0.15) is 13.8 Å². The Labute approximate surface area is 118 Å². The van der Waals surface area contributed by atoms with Gasteiger partial charge >= 0.3 is 0 Å². The number of aromatic nitrogens is 2. The Morgan fingerprint density at radius 1 is 1.25 bits per heavy atom. The van der Waals surface area contributed by atoms with Crippen LogP contribution in [0.15, 0.2) is 12.1 Å². The van der Waals surface area contributed by atoms with Crippen LogP contribution >= 0.6 is 0 Å². The van der Waals surface area contributed by atoms with Gasteiger partial charge in [0.05, 0.1) is 37.9 Å². The number of nitrogen functional groups attached to an aromatic ring is 1. The molecule has 6 nitrogen and oxygen atoms in total. The lowest BCUT2D eigenvalue weighted by Gasteiger charge is -2.14. The molecule has 0 amide bonds. The number of ether oxygens (including phenoxy) is 3. The van der Waals surface area contributed by atoms with Crippen LogP contribution in [-0.2, 0) is 11.3 Å². The summed E-state index contributed by atoms with van der Waals surface area (Å²) in [7, 11) is 3.21. The van der Waals surface area contributed by atoms with Crippen molar-refractivity contribution >= 4 is 17.0 Å². The molecular weight excluding hydrogens is 258 g/mol. The van der Waals surface area contributed by atoms with Crippen LogP contribution in [0, 0.1) is 0 Å². The van der Waals surface area contributed by atoms with Crippen molar-refractivity contribution in [1.29, 1.82) is 0 Å². The van der Waals surface area contributed by atoms with Crippen LogP contribution in [0.25, 0.3) is 11.0 Å². The van der Waals surface area contributed by atoms with Crippen molar-refractivity contribution in [1.82, 2.24) is 9.55 Å². The van der Waals surface area contributed by atoms with Gasteiger partial charge in [-0.3, -0.25) is 0 Å². The molecule has 1 heterocycles. The fourth-order valence-corrected chi connectivity index (χ4v) is 2.26. The second kappa shape index (κ2) is 6.00. The molecule has 20 heavy (non-hydrogen) atoms. The smallest absolute Gasteiger partial charge is 0.201 e. The first-order valence-electron chi connectivity index (χ1n) is 6.60. The lowest BCUT2D eigenvalue weighted by Crippen LogP contribution is -2.17. The van der Waals surface area contributed by atoms with Crippen molar-refractivity contribution in [3.8, 4) is 11.5 Å². The fraction of sp³-hybridized carbons (Fsp3) is 0.500. The van der Waals surface area contributed by atoms with Gasteiger partial charge in [0.15, 0.2) is 11.5 Å². The minimum Gasteiger partial charge on any atom is -0.493 e. The Bertz CT molecular complexity index is 595. The van der Waals surface area contributed by atoms with Gasteiger partial charge in [0.1, 0.15) is 0 Å². The number of benzene rings is 1. The highest BCUT2D eigenvalue weighted by Gasteiger charge is 2.15. The monoisotopic (exact) mass is 279 g/mol. The standard InChI is InChI=1S/C14H21N3O3/c1-5-20-9(2)8-17-11-7-13(19-4)12(18-3)6-10(11)16-14(17)15/h6-7,9H,5,8H2,1-4H3,(H2,15,16). The van der Waals surface area contributed by atoms with Gasteiger partial charge in [-0.05, 0) is 13.8 Å². The predicted molar refractivity (Wildman–Crippen MR) is 78.3 cm³/mol. The lowest BCUT2D eigenvalue weighted by atomic mass is 10.2. The van der Waals surface area contributed by atoms with Gasteiger partial charge in [-0.2, -0.15) is 0 Å². The van der Waals surface area contributed by atoms with Crippen molar-refractivity contribution < 1.29 is 14.2 Å². The predicted octanol–water partition coefficient (Wildman–Crippen LogP) is 2.06. The van der Waals surface area contributed by atoms with Crippen molar-refractivity contribution in [3.05, 3.63) is 12.1 Å². The first-order chi connectivity index (χ1) is 9.60. The van der Waals surface area contributed by atoms with Crippen LogP contribution in [0.3, 0.4) is 0 Å². The molecule has 110 valence electrons. The first-order valence-corrected chi connectivity index (χ1v) is 6.60. The third kappa shape index (κ3) is 2.65. The molecule has 0 saturated carbocycles. The van der Waals surface area contributed by atoms with Gasteiger partial charge in [-0.15, -0.1) is 0 Å². The van der Waals surface area contributed by atoms with Gasteiger partial charge in [0, 0.05) is 18.7 Å². The van der Waals surface area contributed by atoms with Crippen molar-refractivity contribution in [2.24, 2.45) is 0 Å². The van der Waals surface area contributed by atoms with E-state index in [0.29, 0.717) is 30.6 Å². The Kier molecular flexibility index (Phi) is 4.34. The zero-order chi connectivity index (χ0) is 14.7. The average molecular weight is 279 g/mol. The van der Waals surface area contributed by atoms with E-state index in [-0.39, 0.29) is 6.10 Å². The molecule has 1 aromatic heterocycles. The minimum atomic E-state index is 0.0628. The summed E-state index contributed by atoms with van der Waals surface area (Å²) < 4.78 is 18.1. The molecule has 0 radical (unpaired) electrons. The van der Waals surface area contributed by atoms with Gasteiger partial charge in [0.2, 0.25) is 5.95 Å². The molecule has 0 aliphatic heterocycles. The van der Waals surface area contributed by atoms with E-state index in [1.165, 1.54) is 0 Å². The third-order valence-corrected chi connectivity index (χ3v) is 3.17. The van der Waals surface area contributed by atoms with Crippen LogP contribution in [0.4, 0.5) is 5.95 Å². The van der Waals surface area contributed by atoms with E-state index < -0.39 is 0 Å². The number of nitrogens with zero attached hydrogens (tertiary/aromatic N) is 2. The normalized spacial score (nSPS) is 12.6. The highest BCUT2D eigenvalue weighted by atomic mass is 16.5. The molecule has 0 saturated heterocycles. The number of rotatable bonds is 6. The molecule has 0 fully saturated rings. The largest absolute Gasteiger partial charge is 0.493 e. The Hall–Kier alpha value is -1.95. The van der Waals surface area contributed by atoms with E-state index in [9.17, 15) is 0 Å². The summed E-state index contributed by atoms with van der Waals surface area (Å²) >= 11 is 0. The summed E-state index contributed by atoms with van der Waals surface area (Å²) in [5, 5.41) is 0. The molecule has 0 aliphatic rings. The van der Waals surface area contributed by atoms with Gasteiger partial charge in [-0.1, -0.05) is 0 Å². The summed E-state index contributed by atoms with van der Waals surface area (Å²) in [5.41, 5.74) is 7.69. The zero-order valence-electron chi connectivity index (χ0n) is 12.3. The lowest BCUT2D eigenvalue weighted by molar-refractivity contribution is 0.0652. The Morgan fingerprint density at radius 3 is 2.50 bits per heavy atom. The number of anilines is 1. The summed E-state index contributed by atoms with van der Waals surface area (Å²) in [4.78, 5) is 4.36. The molecule has 0 aliphatic carbocycles. The fourth-order valence-electron chi connectivity index (χ4n) is 2.26. The van der Waals surface area contributed by atoms with Crippen LogP contribution in [0.5, 0.6) is 11.5 Å². The minimum absolute atomic E-state index is 0.0628.